The fourth-order valence-electron chi connectivity index (χ4n) is 3.52. The van der Waals surface area contributed by atoms with Crippen LogP contribution in [0.1, 0.15) is 26.5 Å². The van der Waals surface area contributed by atoms with Gasteiger partial charge in [-0.2, -0.15) is 0 Å². The van der Waals surface area contributed by atoms with Crippen molar-refractivity contribution in [2.45, 2.75) is 19.7 Å². The second-order valence-electron chi connectivity index (χ2n) is 7.47. The summed E-state index contributed by atoms with van der Waals surface area (Å²) in [5.74, 6) is 2.14. The van der Waals surface area contributed by atoms with Crippen molar-refractivity contribution in [3.63, 3.8) is 0 Å². The number of nitrogens with zero attached hydrogens (tertiary/aromatic N) is 3. The molecule has 1 aliphatic rings. The molecular weight excluding hydrogens is 438 g/mol. The smallest absolute Gasteiger partial charge is 0.266 e. The molecule has 1 amide bonds. The third-order valence-corrected chi connectivity index (χ3v) is 5.88. The quantitative estimate of drug-likeness (QED) is 0.381. The number of carbonyl (C=O) groups is 1. The fraction of sp³-hybridized carbons (Fsp3) is 0.160. The Hall–Kier alpha value is -3.91. The van der Waals surface area contributed by atoms with Gasteiger partial charge in [0.15, 0.2) is 11.5 Å². The van der Waals surface area contributed by atoms with E-state index in [0.717, 1.165) is 34.1 Å². The number of rotatable bonds is 8. The van der Waals surface area contributed by atoms with Crippen molar-refractivity contribution in [3.05, 3.63) is 100 Å². The summed E-state index contributed by atoms with van der Waals surface area (Å²) in [5, 5.41) is 0. The first kappa shape index (κ1) is 21.0. The van der Waals surface area contributed by atoms with E-state index in [1.807, 2.05) is 60.7 Å². The number of amides is 1. The average Bonchev–Trinajstić information content (AvgIpc) is 3.55. The average molecular weight is 460 g/mol. The van der Waals surface area contributed by atoms with Gasteiger partial charge in [-0.1, -0.05) is 24.3 Å². The number of ether oxygens (including phenoxy) is 3. The lowest BCUT2D eigenvalue weighted by Gasteiger charge is -2.22. The summed E-state index contributed by atoms with van der Waals surface area (Å²) in [6, 6.07) is 19.2. The Kier molecular flexibility index (Phi) is 6.16. The zero-order chi connectivity index (χ0) is 22.5. The molecule has 166 valence electrons. The molecule has 0 aliphatic carbocycles. The largest absolute Gasteiger partial charge is 0.489 e. The topological polar surface area (TPSA) is 73.8 Å². The van der Waals surface area contributed by atoms with Crippen LogP contribution in [-0.4, -0.2) is 27.6 Å². The Balaban J connectivity index is 1.29. The molecule has 33 heavy (non-hydrogen) atoms. The highest BCUT2D eigenvalue weighted by Crippen LogP contribution is 2.32. The number of thiazole rings is 1. The van der Waals surface area contributed by atoms with Gasteiger partial charge >= 0.3 is 0 Å². The molecule has 2 aromatic heterocycles. The van der Waals surface area contributed by atoms with E-state index < -0.39 is 0 Å². The van der Waals surface area contributed by atoms with Crippen LogP contribution in [0.4, 0.5) is 0 Å². The van der Waals surface area contributed by atoms with Crippen LogP contribution in [0.15, 0.2) is 78.6 Å². The highest BCUT2D eigenvalue weighted by molar-refractivity contribution is 7.11. The predicted octanol–water partition coefficient (Wildman–Crippen LogP) is 4.69. The number of benzene rings is 2. The highest BCUT2D eigenvalue weighted by atomic mass is 32.1. The first-order valence-corrected chi connectivity index (χ1v) is 11.3. The summed E-state index contributed by atoms with van der Waals surface area (Å²) >= 11 is 1.33. The molecule has 0 bridgehead atoms. The van der Waals surface area contributed by atoms with E-state index in [0.29, 0.717) is 24.6 Å². The Bertz CT molecular complexity index is 1230. The molecule has 0 radical (unpaired) electrons. The van der Waals surface area contributed by atoms with Gasteiger partial charge in [-0.3, -0.25) is 14.8 Å². The minimum absolute atomic E-state index is 0.0742. The van der Waals surface area contributed by atoms with E-state index in [2.05, 4.69) is 9.97 Å². The van der Waals surface area contributed by atoms with Crippen molar-refractivity contribution in [2.24, 2.45) is 0 Å². The maximum Gasteiger partial charge on any atom is 0.266 e. The van der Waals surface area contributed by atoms with Gasteiger partial charge in [0.2, 0.25) is 6.79 Å². The monoisotopic (exact) mass is 459 g/mol. The Morgan fingerprint density at radius 1 is 1.00 bits per heavy atom. The van der Waals surface area contributed by atoms with E-state index in [1.165, 1.54) is 11.3 Å². The van der Waals surface area contributed by atoms with E-state index in [1.54, 1.807) is 22.8 Å². The zero-order valence-electron chi connectivity index (χ0n) is 17.7. The molecule has 5 rings (SSSR count). The lowest BCUT2D eigenvalue weighted by molar-refractivity contribution is 0.0732. The molecule has 0 N–H and O–H groups in total. The summed E-state index contributed by atoms with van der Waals surface area (Å²) in [4.78, 5) is 23.9. The molecule has 0 unspecified atom stereocenters. The van der Waals surface area contributed by atoms with Crippen molar-refractivity contribution in [3.8, 4) is 17.2 Å². The van der Waals surface area contributed by atoms with Crippen LogP contribution in [0.5, 0.6) is 17.2 Å². The van der Waals surface area contributed by atoms with Crippen LogP contribution in [0.3, 0.4) is 0 Å². The normalized spacial score (nSPS) is 11.9. The second-order valence-corrected chi connectivity index (χ2v) is 8.36. The number of aromatic nitrogens is 2. The predicted molar refractivity (Wildman–Crippen MR) is 123 cm³/mol. The highest BCUT2D eigenvalue weighted by Gasteiger charge is 2.19. The van der Waals surface area contributed by atoms with Gasteiger partial charge in [0, 0.05) is 12.7 Å². The molecule has 0 saturated heterocycles. The van der Waals surface area contributed by atoms with Gasteiger partial charge in [0.1, 0.15) is 17.2 Å². The van der Waals surface area contributed by atoms with E-state index >= 15 is 0 Å². The maximum absolute atomic E-state index is 13.1. The van der Waals surface area contributed by atoms with Gasteiger partial charge in [0.25, 0.3) is 5.91 Å². The Morgan fingerprint density at radius 2 is 1.94 bits per heavy atom. The molecule has 7 nitrogen and oxygen atoms in total. The number of hydrogen-bond donors (Lipinski definition) is 0. The molecule has 0 atom stereocenters. The first-order valence-electron chi connectivity index (χ1n) is 10.4. The van der Waals surface area contributed by atoms with Crippen LogP contribution < -0.4 is 14.2 Å². The summed E-state index contributed by atoms with van der Waals surface area (Å²) in [6.45, 7) is 1.48. The lowest BCUT2D eigenvalue weighted by atomic mass is 10.2. The van der Waals surface area contributed by atoms with Crippen LogP contribution in [0, 0.1) is 0 Å². The third-order valence-electron chi connectivity index (χ3n) is 5.12. The summed E-state index contributed by atoms with van der Waals surface area (Å²) < 4.78 is 16.8. The van der Waals surface area contributed by atoms with Crippen LogP contribution in [0.25, 0.3) is 0 Å². The first-order chi connectivity index (χ1) is 16.2. The Morgan fingerprint density at radius 3 is 2.79 bits per heavy atom. The molecule has 0 spiro atoms. The van der Waals surface area contributed by atoms with Crippen LogP contribution in [0.2, 0.25) is 0 Å². The van der Waals surface area contributed by atoms with Gasteiger partial charge in [-0.05, 0) is 47.5 Å². The minimum Gasteiger partial charge on any atom is -0.489 e. The number of carbonyl (C=O) groups excluding carboxylic acids is 1. The van der Waals surface area contributed by atoms with E-state index in [-0.39, 0.29) is 12.7 Å². The minimum atomic E-state index is -0.0742. The molecule has 1 aliphatic heterocycles. The van der Waals surface area contributed by atoms with Gasteiger partial charge < -0.3 is 19.1 Å². The summed E-state index contributed by atoms with van der Waals surface area (Å²) in [7, 11) is 0. The molecule has 4 aromatic rings. The molecule has 0 fully saturated rings. The lowest BCUT2D eigenvalue weighted by Crippen LogP contribution is -2.30. The number of hydrogen-bond acceptors (Lipinski definition) is 7. The summed E-state index contributed by atoms with van der Waals surface area (Å²) in [5.41, 5.74) is 4.44. The van der Waals surface area contributed by atoms with Crippen molar-refractivity contribution in [1.82, 2.24) is 14.9 Å². The van der Waals surface area contributed by atoms with Crippen molar-refractivity contribution in [2.75, 3.05) is 6.79 Å². The maximum atomic E-state index is 13.1. The molecule has 2 aromatic carbocycles. The van der Waals surface area contributed by atoms with E-state index in [4.69, 9.17) is 14.2 Å². The van der Waals surface area contributed by atoms with Crippen molar-refractivity contribution >= 4 is 17.2 Å². The molecule has 3 heterocycles. The van der Waals surface area contributed by atoms with Gasteiger partial charge in [0.05, 0.1) is 23.9 Å². The SMILES string of the molecule is O=C(c1cncs1)N(Cc1cccc(OCc2ccc3c(c2)OCO3)c1)Cc1ccccn1. The fourth-order valence-corrected chi connectivity index (χ4v) is 4.10. The van der Waals surface area contributed by atoms with Crippen molar-refractivity contribution in [1.29, 1.82) is 0 Å². The zero-order valence-corrected chi connectivity index (χ0v) is 18.5. The van der Waals surface area contributed by atoms with Crippen LogP contribution in [-0.2, 0) is 19.7 Å². The number of fused-ring (bicyclic) bond motifs is 1. The second kappa shape index (κ2) is 9.70. The molecule has 8 heteroatoms. The van der Waals surface area contributed by atoms with Gasteiger partial charge in [-0.25, -0.2) is 0 Å². The summed E-state index contributed by atoms with van der Waals surface area (Å²) in [6.07, 6.45) is 3.33. The van der Waals surface area contributed by atoms with E-state index in [9.17, 15) is 4.79 Å². The standard InChI is InChI=1S/C25H21N3O4S/c29-25(24-12-26-16-33-24)28(14-20-5-1-2-9-27-20)13-18-4-3-6-21(10-18)30-15-19-7-8-22-23(11-19)32-17-31-22/h1-12,16H,13-15,17H2. The Labute approximate surface area is 195 Å². The third kappa shape index (κ3) is 5.12. The van der Waals surface area contributed by atoms with Gasteiger partial charge in [-0.15, -0.1) is 11.3 Å². The molecule has 0 saturated carbocycles. The van der Waals surface area contributed by atoms with Crippen LogP contribution >= 0.6 is 11.3 Å². The molecular formula is C25H21N3O4S. The number of pyridine rings is 1. The van der Waals surface area contributed by atoms with Crippen molar-refractivity contribution < 1.29 is 19.0 Å².